The van der Waals surface area contributed by atoms with E-state index in [1.807, 2.05) is 0 Å². The number of fused-ring (bicyclic) bond motifs is 1. The predicted molar refractivity (Wildman–Crippen MR) is 152 cm³/mol. The zero-order chi connectivity index (χ0) is 33.9. The molecule has 0 N–H and O–H groups in total. The van der Waals surface area contributed by atoms with Crippen molar-refractivity contribution >= 4 is 29.7 Å². The molecule has 3 aliphatic heterocycles. The number of esters is 4. The van der Waals surface area contributed by atoms with Gasteiger partial charge < -0.3 is 37.9 Å². The van der Waals surface area contributed by atoms with Crippen molar-refractivity contribution in [2.45, 2.75) is 131 Å². The molecule has 0 bridgehead atoms. The van der Waals surface area contributed by atoms with E-state index in [9.17, 15) is 24.0 Å². The molecule has 250 valence electrons. The summed E-state index contributed by atoms with van der Waals surface area (Å²) in [6.45, 7) is 19.3. The fraction of sp³-hybridized carbons (Fsp3) is 0.839. The number of cyclic esters (lactones) is 1. The van der Waals surface area contributed by atoms with Crippen LogP contribution < -0.4 is 0 Å². The van der Waals surface area contributed by atoms with E-state index in [0.29, 0.717) is 0 Å². The van der Waals surface area contributed by atoms with Crippen LogP contribution in [0.3, 0.4) is 0 Å². The number of carbonyl (C=O) groups excluding carboxylic acids is 5. The number of ether oxygens (including phenoxy) is 8. The molecule has 3 rings (SSSR count). The van der Waals surface area contributed by atoms with Gasteiger partial charge >= 0.3 is 23.9 Å². The van der Waals surface area contributed by atoms with E-state index in [1.54, 1.807) is 76.2 Å². The van der Waals surface area contributed by atoms with E-state index in [-0.39, 0.29) is 0 Å². The molecular formula is C31H48O13. The second-order valence-electron chi connectivity index (χ2n) is 15.6. The molecule has 13 heteroatoms. The Morgan fingerprint density at radius 3 is 1.70 bits per heavy atom. The van der Waals surface area contributed by atoms with E-state index in [2.05, 4.69) is 0 Å². The maximum absolute atomic E-state index is 14.1. The van der Waals surface area contributed by atoms with Gasteiger partial charge in [0.05, 0.1) is 16.2 Å². The lowest BCUT2D eigenvalue weighted by atomic mass is 9.74. The van der Waals surface area contributed by atoms with Crippen LogP contribution in [-0.2, 0) is 61.9 Å². The van der Waals surface area contributed by atoms with Crippen LogP contribution >= 0.6 is 0 Å². The highest BCUT2D eigenvalue weighted by atomic mass is 16.8. The molecule has 3 saturated heterocycles. The zero-order valence-electron chi connectivity index (χ0n) is 28.2. The van der Waals surface area contributed by atoms with E-state index in [0.717, 1.165) is 0 Å². The van der Waals surface area contributed by atoms with Crippen LogP contribution in [0.4, 0.5) is 0 Å². The summed E-state index contributed by atoms with van der Waals surface area (Å²) in [6.07, 6.45) is -4.31. The maximum atomic E-state index is 14.1. The smallest absolute Gasteiger partial charge is 0.345 e. The Morgan fingerprint density at radius 1 is 0.705 bits per heavy atom. The van der Waals surface area contributed by atoms with Gasteiger partial charge in [0, 0.05) is 0 Å². The maximum Gasteiger partial charge on any atom is 0.345 e. The first-order valence-electron chi connectivity index (χ1n) is 14.7. The van der Waals surface area contributed by atoms with Gasteiger partial charge in [0.25, 0.3) is 0 Å². The van der Waals surface area contributed by atoms with Crippen LogP contribution in [0.25, 0.3) is 0 Å². The summed E-state index contributed by atoms with van der Waals surface area (Å²) in [5.74, 6) is -6.54. The fourth-order valence-corrected chi connectivity index (χ4v) is 5.16. The molecule has 44 heavy (non-hydrogen) atoms. The lowest BCUT2D eigenvalue weighted by Gasteiger charge is -2.43. The Hall–Kier alpha value is -2.61. The minimum Gasteiger partial charge on any atom is -0.462 e. The Kier molecular flexibility index (Phi) is 9.23. The first-order chi connectivity index (χ1) is 19.7. The van der Waals surface area contributed by atoms with Gasteiger partial charge in [-0.2, -0.15) is 0 Å². The Bertz CT molecular complexity index is 1180. The third-order valence-electron chi connectivity index (χ3n) is 7.32. The molecule has 0 aromatic heterocycles. The largest absolute Gasteiger partial charge is 0.462 e. The highest BCUT2D eigenvalue weighted by molar-refractivity contribution is 5.96. The lowest BCUT2D eigenvalue weighted by Crippen LogP contribution is -2.70. The molecule has 0 radical (unpaired) electrons. The Labute approximate surface area is 258 Å². The molecule has 0 amide bonds. The molecule has 0 unspecified atom stereocenters. The fourth-order valence-electron chi connectivity index (χ4n) is 5.16. The third kappa shape index (κ3) is 6.80. The molecule has 5 atom stereocenters. The average molecular weight is 629 g/mol. The number of hydrogen-bond acceptors (Lipinski definition) is 13. The molecule has 0 aliphatic carbocycles. The predicted octanol–water partition coefficient (Wildman–Crippen LogP) is 3.03. The Morgan fingerprint density at radius 2 is 1.18 bits per heavy atom. The van der Waals surface area contributed by atoms with Gasteiger partial charge in [0.1, 0.15) is 25.4 Å². The zero-order valence-corrected chi connectivity index (χ0v) is 28.2. The van der Waals surface area contributed by atoms with Gasteiger partial charge in [-0.25, -0.2) is 4.79 Å². The number of carbonyl (C=O) groups is 5. The van der Waals surface area contributed by atoms with E-state index < -0.39 is 107 Å². The van der Waals surface area contributed by atoms with Crippen molar-refractivity contribution in [3.8, 4) is 0 Å². The van der Waals surface area contributed by atoms with Gasteiger partial charge in [-0.15, -0.1) is 0 Å². The van der Waals surface area contributed by atoms with Crippen molar-refractivity contribution in [2.24, 2.45) is 16.2 Å². The van der Waals surface area contributed by atoms with Gasteiger partial charge in [-0.1, -0.05) is 0 Å². The molecule has 3 fully saturated rings. The topological polar surface area (TPSA) is 159 Å². The third-order valence-corrected chi connectivity index (χ3v) is 7.32. The standard InChI is InChI=1S/C31H48O13/c1-25(2,3)21(33)37-14-17(32)19-20-31(24(36)40-19,44-29(12,13)42-20)30(16-39-23(35)27(7,8)9)18(41-28(10,11)43-30)15-38-22(34)26(4,5)6/h18-20H,14-16H2,1-13H3/t18-,19+,20+,30+,31+/m1/s1. The Balaban J connectivity index is 2.13. The molecule has 0 spiro atoms. The van der Waals surface area contributed by atoms with E-state index in [4.69, 9.17) is 37.9 Å². The van der Waals surface area contributed by atoms with Crippen LogP contribution in [0.15, 0.2) is 0 Å². The van der Waals surface area contributed by atoms with E-state index in [1.165, 1.54) is 13.8 Å². The van der Waals surface area contributed by atoms with Crippen LogP contribution in [0.2, 0.25) is 0 Å². The SMILES string of the molecule is CC1(C)O[C@H](COC(=O)C(C)(C)C)[C@@](COC(=O)C(C)(C)C)([C@]23OC(C)(C)O[C@H]2[C@H](C(=O)COC(=O)C(C)(C)C)OC3=O)O1. The number of ketones is 1. The highest BCUT2D eigenvalue weighted by Crippen LogP contribution is 2.56. The molecule has 0 saturated carbocycles. The summed E-state index contributed by atoms with van der Waals surface area (Å²) in [5.41, 5.74) is -7.00. The second kappa shape index (κ2) is 11.3. The van der Waals surface area contributed by atoms with Gasteiger partial charge in [-0.3, -0.25) is 19.2 Å². The molecule has 3 aliphatic rings. The molecule has 0 aromatic carbocycles. The summed E-state index contributed by atoms with van der Waals surface area (Å²) in [4.78, 5) is 65.8. The van der Waals surface area contributed by atoms with Crippen molar-refractivity contribution in [3.05, 3.63) is 0 Å². The van der Waals surface area contributed by atoms with Crippen molar-refractivity contribution in [1.82, 2.24) is 0 Å². The number of rotatable bonds is 8. The van der Waals surface area contributed by atoms with Gasteiger partial charge in [0.2, 0.25) is 11.4 Å². The van der Waals surface area contributed by atoms with Crippen LogP contribution in [0.1, 0.15) is 90.0 Å². The summed E-state index contributed by atoms with van der Waals surface area (Å²) in [6, 6.07) is 0. The first kappa shape index (κ1) is 35.9. The summed E-state index contributed by atoms with van der Waals surface area (Å²) in [7, 11) is 0. The van der Waals surface area contributed by atoms with Crippen molar-refractivity contribution in [3.63, 3.8) is 0 Å². The van der Waals surface area contributed by atoms with Crippen LogP contribution in [-0.4, -0.2) is 90.6 Å². The normalized spacial score (nSPS) is 31.2. The minimum atomic E-state index is -2.25. The van der Waals surface area contributed by atoms with Gasteiger partial charge in [0.15, 0.2) is 29.9 Å². The average Bonchev–Trinajstić information content (AvgIpc) is 3.40. The summed E-state index contributed by atoms with van der Waals surface area (Å²) >= 11 is 0. The van der Waals surface area contributed by atoms with Crippen LogP contribution in [0.5, 0.6) is 0 Å². The van der Waals surface area contributed by atoms with Crippen molar-refractivity contribution in [2.75, 3.05) is 19.8 Å². The van der Waals surface area contributed by atoms with Crippen LogP contribution in [0, 0.1) is 16.2 Å². The summed E-state index contributed by atoms with van der Waals surface area (Å²) in [5, 5.41) is 0. The quantitative estimate of drug-likeness (QED) is 0.285. The number of Topliss-reactive ketones (excluding diaryl/α,β-unsaturated/α-hetero) is 1. The van der Waals surface area contributed by atoms with Gasteiger partial charge in [-0.05, 0) is 90.0 Å². The molecular weight excluding hydrogens is 580 g/mol. The minimum absolute atomic E-state index is 0.431. The lowest BCUT2D eigenvalue weighted by molar-refractivity contribution is -0.255. The second-order valence-corrected chi connectivity index (χ2v) is 15.6. The molecule has 13 nitrogen and oxygen atoms in total. The number of hydrogen-bond donors (Lipinski definition) is 0. The highest BCUT2D eigenvalue weighted by Gasteiger charge is 2.82. The van der Waals surface area contributed by atoms with Crippen molar-refractivity contribution < 1.29 is 61.9 Å². The molecule has 3 heterocycles. The monoisotopic (exact) mass is 628 g/mol. The summed E-state index contributed by atoms with van der Waals surface area (Å²) < 4.78 is 47.3. The van der Waals surface area contributed by atoms with E-state index >= 15 is 0 Å². The molecule has 0 aromatic rings. The van der Waals surface area contributed by atoms with Crippen molar-refractivity contribution in [1.29, 1.82) is 0 Å². The first-order valence-corrected chi connectivity index (χ1v) is 14.7.